The molecular weight excluding hydrogens is 398 g/mol. The van der Waals surface area contributed by atoms with Crippen LogP contribution in [0.2, 0.25) is 0 Å². The predicted molar refractivity (Wildman–Crippen MR) is 112 cm³/mol. The van der Waals surface area contributed by atoms with E-state index < -0.39 is 0 Å². The molecule has 0 bridgehead atoms. The minimum Gasteiger partial charge on any atom is -0.474 e. The van der Waals surface area contributed by atoms with E-state index in [1.54, 1.807) is 0 Å². The van der Waals surface area contributed by atoms with Gasteiger partial charge in [-0.1, -0.05) is 18.2 Å². The molecule has 8 nitrogen and oxygen atoms in total. The van der Waals surface area contributed by atoms with Crippen LogP contribution >= 0.6 is 0 Å². The Morgan fingerprint density at radius 2 is 2.03 bits per heavy atom. The molecule has 8 heteroatoms. The molecule has 3 heterocycles. The number of aryl methyl sites for hydroxylation is 1. The lowest BCUT2D eigenvalue weighted by molar-refractivity contribution is -0.139. The predicted octanol–water partition coefficient (Wildman–Crippen LogP) is 2.60. The van der Waals surface area contributed by atoms with E-state index in [0.29, 0.717) is 45.0 Å². The number of aromatic nitrogens is 2. The molecule has 1 saturated heterocycles. The summed E-state index contributed by atoms with van der Waals surface area (Å²) in [6.07, 6.45) is 2.38. The summed E-state index contributed by atoms with van der Waals surface area (Å²) in [7, 11) is 0. The molecule has 31 heavy (non-hydrogen) atoms. The SMILES string of the molecule is O=C(CCc1ccc2c(c1)OCO2)N1CCOC(COc2ncnc3ccccc23)C1. The zero-order valence-corrected chi connectivity index (χ0v) is 17.0. The molecule has 0 radical (unpaired) electrons. The van der Waals surface area contributed by atoms with Gasteiger partial charge in [0.15, 0.2) is 11.5 Å². The van der Waals surface area contributed by atoms with Crippen LogP contribution in [0.3, 0.4) is 0 Å². The highest BCUT2D eigenvalue weighted by Gasteiger charge is 2.25. The maximum Gasteiger partial charge on any atom is 0.231 e. The van der Waals surface area contributed by atoms with Crippen LogP contribution in [0, 0.1) is 0 Å². The van der Waals surface area contributed by atoms with Crippen molar-refractivity contribution < 1.29 is 23.7 Å². The van der Waals surface area contributed by atoms with E-state index >= 15 is 0 Å². The number of fused-ring (bicyclic) bond motifs is 2. The average Bonchev–Trinajstić information content (AvgIpc) is 3.29. The first-order valence-corrected chi connectivity index (χ1v) is 10.4. The molecule has 2 aromatic carbocycles. The van der Waals surface area contributed by atoms with E-state index in [1.807, 2.05) is 47.4 Å². The Balaban J connectivity index is 1.15. The van der Waals surface area contributed by atoms with E-state index in [4.69, 9.17) is 18.9 Å². The third kappa shape index (κ3) is 4.39. The van der Waals surface area contributed by atoms with Gasteiger partial charge in [-0.3, -0.25) is 4.79 Å². The van der Waals surface area contributed by atoms with Crippen LogP contribution in [0.1, 0.15) is 12.0 Å². The molecule has 1 amide bonds. The summed E-state index contributed by atoms with van der Waals surface area (Å²) in [6.45, 7) is 2.16. The normalized spacial score (nSPS) is 17.7. The molecule has 160 valence electrons. The summed E-state index contributed by atoms with van der Waals surface area (Å²) in [5.41, 5.74) is 1.89. The van der Waals surface area contributed by atoms with Crippen molar-refractivity contribution in [3.63, 3.8) is 0 Å². The second-order valence-corrected chi connectivity index (χ2v) is 7.53. The minimum absolute atomic E-state index is 0.110. The van der Waals surface area contributed by atoms with Crippen molar-refractivity contribution in [3.8, 4) is 17.4 Å². The molecule has 1 aromatic heterocycles. The molecule has 5 rings (SSSR count). The number of benzene rings is 2. The number of nitrogens with zero attached hydrogens (tertiary/aromatic N) is 3. The third-order valence-corrected chi connectivity index (χ3v) is 5.47. The lowest BCUT2D eigenvalue weighted by Gasteiger charge is -2.33. The third-order valence-electron chi connectivity index (χ3n) is 5.47. The van der Waals surface area contributed by atoms with Gasteiger partial charge in [0.25, 0.3) is 0 Å². The van der Waals surface area contributed by atoms with Gasteiger partial charge in [-0.05, 0) is 36.2 Å². The van der Waals surface area contributed by atoms with Gasteiger partial charge < -0.3 is 23.8 Å². The quantitative estimate of drug-likeness (QED) is 0.605. The van der Waals surface area contributed by atoms with E-state index in [9.17, 15) is 4.79 Å². The molecule has 2 aliphatic rings. The zero-order chi connectivity index (χ0) is 21.0. The van der Waals surface area contributed by atoms with Crippen molar-refractivity contribution in [1.82, 2.24) is 14.9 Å². The summed E-state index contributed by atoms with van der Waals surface area (Å²) in [5, 5.41) is 0.859. The molecule has 0 aliphatic carbocycles. The fourth-order valence-electron chi connectivity index (χ4n) is 3.82. The molecule has 0 N–H and O–H groups in total. The van der Waals surface area contributed by atoms with Crippen LogP contribution < -0.4 is 14.2 Å². The van der Waals surface area contributed by atoms with Gasteiger partial charge in [0.1, 0.15) is 19.0 Å². The summed E-state index contributed by atoms with van der Waals surface area (Å²) < 4.78 is 22.5. The van der Waals surface area contributed by atoms with Crippen molar-refractivity contribution in [2.75, 3.05) is 33.1 Å². The first-order valence-electron chi connectivity index (χ1n) is 10.4. The van der Waals surface area contributed by atoms with Gasteiger partial charge >= 0.3 is 0 Å². The topological polar surface area (TPSA) is 83.0 Å². The molecule has 3 aromatic rings. The Morgan fingerprint density at radius 1 is 1.13 bits per heavy atom. The average molecular weight is 421 g/mol. The second-order valence-electron chi connectivity index (χ2n) is 7.53. The van der Waals surface area contributed by atoms with E-state index in [2.05, 4.69) is 9.97 Å². The van der Waals surface area contributed by atoms with Crippen LogP contribution in [-0.2, 0) is 16.0 Å². The first kappa shape index (κ1) is 19.6. The Kier molecular flexibility index (Phi) is 5.54. The molecule has 1 atom stereocenters. The highest BCUT2D eigenvalue weighted by atomic mass is 16.7. The van der Waals surface area contributed by atoms with Crippen molar-refractivity contribution >= 4 is 16.8 Å². The number of carbonyl (C=O) groups is 1. The number of morpholine rings is 1. The fourth-order valence-corrected chi connectivity index (χ4v) is 3.82. The molecular formula is C23H23N3O5. The molecule has 2 aliphatic heterocycles. The first-order chi connectivity index (χ1) is 15.3. The number of hydrogen-bond donors (Lipinski definition) is 0. The van der Waals surface area contributed by atoms with Gasteiger partial charge in [0.2, 0.25) is 18.6 Å². The Hall–Kier alpha value is -3.39. The van der Waals surface area contributed by atoms with Gasteiger partial charge in [-0.25, -0.2) is 9.97 Å². The zero-order valence-electron chi connectivity index (χ0n) is 17.0. The van der Waals surface area contributed by atoms with E-state index in [1.165, 1.54) is 6.33 Å². The highest BCUT2D eigenvalue weighted by molar-refractivity contribution is 5.82. The Morgan fingerprint density at radius 3 is 3.00 bits per heavy atom. The number of carbonyl (C=O) groups excluding carboxylic acids is 1. The van der Waals surface area contributed by atoms with Crippen LogP contribution in [0.5, 0.6) is 17.4 Å². The lowest BCUT2D eigenvalue weighted by atomic mass is 10.1. The number of rotatable bonds is 6. The van der Waals surface area contributed by atoms with E-state index in [-0.39, 0.29) is 18.8 Å². The van der Waals surface area contributed by atoms with Crippen LogP contribution in [0.4, 0.5) is 0 Å². The number of para-hydroxylation sites is 1. The monoisotopic (exact) mass is 421 g/mol. The summed E-state index contributed by atoms with van der Waals surface area (Å²) in [5.74, 6) is 2.13. The van der Waals surface area contributed by atoms with Gasteiger partial charge in [0, 0.05) is 13.0 Å². The van der Waals surface area contributed by atoms with Gasteiger partial charge in [-0.2, -0.15) is 0 Å². The summed E-state index contributed by atoms with van der Waals surface area (Å²) in [4.78, 5) is 23.1. The Labute approximate surface area is 179 Å². The lowest BCUT2D eigenvalue weighted by Crippen LogP contribution is -2.47. The van der Waals surface area contributed by atoms with Crippen molar-refractivity contribution in [2.24, 2.45) is 0 Å². The number of hydrogen-bond acceptors (Lipinski definition) is 7. The smallest absolute Gasteiger partial charge is 0.231 e. The van der Waals surface area contributed by atoms with E-state index in [0.717, 1.165) is 28.0 Å². The summed E-state index contributed by atoms with van der Waals surface area (Å²) >= 11 is 0. The number of ether oxygens (including phenoxy) is 4. The van der Waals surface area contributed by atoms with Gasteiger partial charge in [-0.15, -0.1) is 0 Å². The Bertz CT molecular complexity index is 1080. The van der Waals surface area contributed by atoms with Crippen LogP contribution in [-0.4, -0.2) is 60.0 Å². The van der Waals surface area contributed by atoms with Crippen molar-refractivity contribution in [2.45, 2.75) is 18.9 Å². The van der Waals surface area contributed by atoms with Crippen molar-refractivity contribution in [3.05, 3.63) is 54.4 Å². The molecule has 1 fully saturated rings. The second kappa shape index (κ2) is 8.77. The molecule has 1 unspecified atom stereocenters. The highest BCUT2D eigenvalue weighted by Crippen LogP contribution is 2.32. The fraction of sp³-hybridized carbons (Fsp3) is 0.348. The van der Waals surface area contributed by atoms with Crippen LogP contribution in [0.15, 0.2) is 48.8 Å². The molecule has 0 saturated carbocycles. The standard InChI is InChI=1S/C23H23N3O5/c27-22(8-6-16-5-7-20-21(11-16)31-15-30-20)26-9-10-28-17(12-26)13-29-23-18-3-1-2-4-19(18)24-14-25-23/h1-5,7,11,14,17H,6,8-10,12-13,15H2. The molecule has 0 spiro atoms. The summed E-state index contributed by atoms with van der Waals surface area (Å²) in [6, 6.07) is 13.5. The number of amides is 1. The maximum atomic E-state index is 12.8. The minimum atomic E-state index is -0.197. The van der Waals surface area contributed by atoms with Crippen LogP contribution in [0.25, 0.3) is 10.9 Å². The van der Waals surface area contributed by atoms with Crippen molar-refractivity contribution in [1.29, 1.82) is 0 Å². The maximum absolute atomic E-state index is 12.8. The van der Waals surface area contributed by atoms with Gasteiger partial charge in [0.05, 0.1) is 24.1 Å². The largest absolute Gasteiger partial charge is 0.474 e.